The first kappa shape index (κ1) is 15.6. The maximum atomic E-state index is 5.92. The molecule has 2 atom stereocenters. The average molecular weight is 281 g/mol. The van der Waals surface area contributed by atoms with Crippen LogP contribution in [0.1, 0.15) is 77.6 Å². The molecule has 0 aliphatic carbocycles. The van der Waals surface area contributed by atoms with Crippen LogP contribution in [-0.2, 0) is 4.74 Å². The fourth-order valence-electron chi connectivity index (χ4n) is 3.40. The van der Waals surface area contributed by atoms with Gasteiger partial charge in [0.2, 0.25) is 0 Å². The Labute approximate surface area is 123 Å². The second-order valence-corrected chi connectivity index (χ2v) is 6.35. The molecule has 2 aliphatic heterocycles. The molecule has 20 heavy (non-hydrogen) atoms. The molecule has 2 aliphatic rings. The van der Waals surface area contributed by atoms with E-state index in [1.807, 2.05) is 0 Å². The molecular formula is C16H31N3O. The summed E-state index contributed by atoms with van der Waals surface area (Å²) in [5.41, 5.74) is 5.73. The van der Waals surface area contributed by atoms with Crippen molar-refractivity contribution in [3.8, 4) is 0 Å². The molecule has 1 fully saturated rings. The van der Waals surface area contributed by atoms with Crippen molar-refractivity contribution in [1.29, 1.82) is 0 Å². The van der Waals surface area contributed by atoms with Crippen LogP contribution in [0.3, 0.4) is 0 Å². The number of ether oxygens (including phenoxy) is 1. The third kappa shape index (κ3) is 4.65. The zero-order valence-electron chi connectivity index (χ0n) is 13.0. The van der Waals surface area contributed by atoms with E-state index in [0.29, 0.717) is 12.0 Å². The van der Waals surface area contributed by atoms with Crippen LogP contribution in [0.25, 0.3) is 0 Å². The van der Waals surface area contributed by atoms with Crippen LogP contribution >= 0.6 is 0 Å². The van der Waals surface area contributed by atoms with Crippen LogP contribution in [0.5, 0.6) is 0 Å². The van der Waals surface area contributed by atoms with Crippen LogP contribution in [0.15, 0.2) is 4.99 Å². The zero-order valence-corrected chi connectivity index (χ0v) is 13.0. The molecule has 0 unspecified atom stereocenters. The average Bonchev–Trinajstić information content (AvgIpc) is 2.84. The monoisotopic (exact) mass is 281 g/mol. The quantitative estimate of drug-likeness (QED) is 0.671. The fourth-order valence-corrected chi connectivity index (χ4v) is 3.40. The Morgan fingerprint density at radius 1 is 1.25 bits per heavy atom. The highest BCUT2D eigenvalue weighted by Gasteiger charge is 2.40. The number of aliphatic imine (C=N–C) groups is 1. The van der Waals surface area contributed by atoms with Crippen molar-refractivity contribution in [2.24, 2.45) is 10.7 Å². The van der Waals surface area contributed by atoms with Gasteiger partial charge >= 0.3 is 0 Å². The summed E-state index contributed by atoms with van der Waals surface area (Å²) < 4.78 is 5.88. The van der Waals surface area contributed by atoms with Gasteiger partial charge in [-0.2, -0.15) is 0 Å². The summed E-state index contributed by atoms with van der Waals surface area (Å²) in [5, 5.41) is 3.25. The lowest BCUT2D eigenvalue weighted by Crippen LogP contribution is -2.56. The lowest BCUT2D eigenvalue weighted by Gasteiger charge is -2.36. The molecule has 0 aromatic heterocycles. The van der Waals surface area contributed by atoms with E-state index in [0.717, 1.165) is 32.3 Å². The second kappa shape index (κ2) is 7.87. The molecule has 2 rings (SSSR count). The summed E-state index contributed by atoms with van der Waals surface area (Å²) >= 11 is 0. The van der Waals surface area contributed by atoms with Gasteiger partial charge in [0, 0.05) is 13.0 Å². The maximum Gasteiger partial charge on any atom is 0.191 e. The van der Waals surface area contributed by atoms with E-state index in [1.165, 1.54) is 44.9 Å². The molecule has 4 heteroatoms. The maximum absolute atomic E-state index is 5.92. The van der Waals surface area contributed by atoms with Crippen LogP contribution in [-0.4, -0.2) is 24.3 Å². The number of nitrogens with two attached hydrogens (primary N) is 1. The van der Waals surface area contributed by atoms with Gasteiger partial charge in [-0.1, -0.05) is 51.9 Å². The van der Waals surface area contributed by atoms with Crippen molar-refractivity contribution < 1.29 is 4.74 Å². The van der Waals surface area contributed by atoms with Gasteiger partial charge in [-0.15, -0.1) is 0 Å². The van der Waals surface area contributed by atoms with E-state index >= 15 is 0 Å². The van der Waals surface area contributed by atoms with E-state index in [2.05, 4.69) is 17.2 Å². The van der Waals surface area contributed by atoms with Crippen molar-refractivity contribution in [3.63, 3.8) is 0 Å². The third-order valence-electron chi connectivity index (χ3n) is 4.49. The first-order valence-electron chi connectivity index (χ1n) is 8.49. The number of unbranched alkanes of at least 4 members (excludes halogenated alkanes) is 6. The van der Waals surface area contributed by atoms with Crippen LogP contribution in [0.4, 0.5) is 0 Å². The summed E-state index contributed by atoms with van der Waals surface area (Å²) in [5.74, 6) is 0.575. The number of hydrogen-bond donors (Lipinski definition) is 2. The van der Waals surface area contributed by atoms with E-state index in [4.69, 9.17) is 10.5 Å². The van der Waals surface area contributed by atoms with E-state index in [-0.39, 0.29) is 5.72 Å². The smallest absolute Gasteiger partial charge is 0.191 e. The zero-order chi connectivity index (χ0) is 14.3. The van der Waals surface area contributed by atoms with E-state index in [9.17, 15) is 0 Å². The third-order valence-corrected chi connectivity index (χ3v) is 4.49. The number of nitrogens with zero attached hydrogens (tertiary/aromatic N) is 1. The normalized spacial score (nSPS) is 29.4. The predicted molar refractivity (Wildman–Crippen MR) is 83.7 cm³/mol. The highest BCUT2D eigenvalue weighted by atomic mass is 16.5. The van der Waals surface area contributed by atoms with E-state index < -0.39 is 0 Å². The first-order valence-corrected chi connectivity index (χ1v) is 8.49. The molecule has 1 saturated heterocycles. The van der Waals surface area contributed by atoms with Gasteiger partial charge in [0.05, 0.1) is 6.04 Å². The molecule has 0 saturated carbocycles. The Morgan fingerprint density at radius 3 is 2.70 bits per heavy atom. The molecule has 2 heterocycles. The Hall–Kier alpha value is -0.770. The summed E-state index contributed by atoms with van der Waals surface area (Å²) in [6.45, 7) is 3.12. The number of nitrogens with one attached hydrogen (secondary N) is 1. The summed E-state index contributed by atoms with van der Waals surface area (Å²) in [6.07, 6.45) is 13.8. The minimum Gasteiger partial charge on any atom is -0.370 e. The molecule has 116 valence electrons. The van der Waals surface area contributed by atoms with Gasteiger partial charge in [0.1, 0.15) is 5.72 Å². The molecule has 0 aromatic carbocycles. The first-order chi connectivity index (χ1) is 9.74. The van der Waals surface area contributed by atoms with Crippen molar-refractivity contribution >= 4 is 5.96 Å². The van der Waals surface area contributed by atoms with Gasteiger partial charge < -0.3 is 15.8 Å². The Morgan fingerprint density at radius 2 is 2.00 bits per heavy atom. The molecule has 0 amide bonds. The molecule has 0 aromatic rings. The van der Waals surface area contributed by atoms with Crippen LogP contribution < -0.4 is 11.1 Å². The Kier molecular flexibility index (Phi) is 6.14. The molecule has 0 radical (unpaired) electrons. The Balaban J connectivity index is 1.64. The minimum atomic E-state index is -0.197. The van der Waals surface area contributed by atoms with Gasteiger partial charge in [-0.05, 0) is 19.3 Å². The van der Waals surface area contributed by atoms with Crippen molar-refractivity contribution in [2.75, 3.05) is 6.61 Å². The second-order valence-electron chi connectivity index (χ2n) is 6.35. The SMILES string of the molecule is CCCCCCCCC[C@@H]1C[C@]2(CCCO2)NC(N)=N1. The molecule has 1 spiro atoms. The fraction of sp³-hybridized carbons (Fsp3) is 0.938. The number of guanidine groups is 1. The highest BCUT2D eigenvalue weighted by molar-refractivity contribution is 5.79. The topological polar surface area (TPSA) is 59.6 Å². The predicted octanol–water partition coefficient (Wildman–Crippen LogP) is 3.31. The molecular weight excluding hydrogens is 250 g/mol. The van der Waals surface area contributed by atoms with Crippen LogP contribution in [0, 0.1) is 0 Å². The van der Waals surface area contributed by atoms with Gasteiger partial charge in [-0.25, -0.2) is 4.99 Å². The van der Waals surface area contributed by atoms with Crippen molar-refractivity contribution in [2.45, 2.75) is 89.3 Å². The minimum absolute atomic E-state index is 0.197. The molecule has 4 nitrogen and oxygen atoms in total. The summed E-state index contributed by atoms with van der Waals surface area (Å²) in [7, 11) is 0. The lowest BCUT2D eigenvalue weighted by atomic mass is 9.95. The van der Waals surface area contributed by atoms with Crippen molar-refractivity contribution in [1.82, 2.24) is 5.32 Å². The van der Waals surface area contributed by atoms with Crippen LogP contribution in [0.2, 0.25) is 0 Å². The van der Waals surface area contributed by atoms with Gasteiger partial charge in [0.15, 0.2) is 5.96 Å². The number of rotatable bonds is 8. The van der Waals surface area contributed by atoms with E-state index in [1.54, 1.807) is 0 Å². The Bertz CT molecular complexity index is 311. The van der Waals surface area contributed by atoms with Crippen molar-refractivity contribution in [3.05, 3.63) is 0 Å². The van der Waals surface area contributed by atoms with Gasteiger partial charge in [-0.3, -0.25) is 0 Å². The molecule has 3 N–H and O–H groups in total. The highest BCUT2D eigenvalue weighted by Crippen LogP contribution is 2.32. The standard InChI is InChI=1S/C16H31N3O/c1-2-3-4-5-6-7-8-10-14-13-16(11-9-12-20-16)19-15(17)18-14/h14H,2-13H2,1H3,(H3,17,18,19)/t14-,16-/m1/s1. The molecule has 0 bridgehead atoms. The number of hydrogen-bond acceptors (Lipinski definition) is 4. The lowest BCUT2D eigenvalue weighted by molar-refractivity contribution is -0.0258. The van der Waals surface area contributed by atoms with Gasteiger partial charge in [0.25, 0.3) is 0 Å². The largest absolute Gasteiger partial charge is 0.370 e. The summed E-state index contributed by atoms with van der Waals surface area (Å²) in [6, 6.07) is 0.352. The summed E-state index contributed by atoms with van der Waals surface area (Å²) in [4.78, 5) is 4.55.